The average Bonchev–Trinajstić information content (AvgIpc) is 0.819. The summed E-state index contributed by atoms with van der Waals surface area (Å²) < 4.78 is 34.9. The third-order valence-electron chi connectivity index (χ3n) is 12.8. The molecular formula is C66H94N6O16. The Hall–Kier alpha value is -8.30. The largest absolute Gasteiger partial charge is 0.487 e. The Kier molecular flexibility index (Phi) is 27.0. The first-order valence-corrected chi connectivity index (χ1v) is 29.7. The van der Waals surface area contributed by atoms with Crippen molar-refractivity contribution in [1.29, 1.82) is 0 Å². The van der Waals surface area contributed by atoms with Crippen molar-refractivity contribution in [3.05, 3.63) is 59.7 Å². The standard InChI is InChI=1S/2C29H37N3O8.2C4H10/c1-16(33)38-25-19-13-14-29(5,6)40-23(19)17-9-7-8-10-18(17)24(25)39-22(35)15-31-21(34)12-11-20(26(30)36)32-27(37)28(2,3)4;1-16(33)38-24-18-10-8-7-9-17(18)23-19(13-14-29(5,6)40-23)25(24)39-22(35)15-31-21(34)12-11-20(26(30)36)32-27(37)28(2,3)4;2*1-4(2)3/h2*7-10,20H,11-15H2,1-6H3,(H2,30,36)(H,31,34)(H,32,37);2*4H,1-3H3. The van der Waals surface area contributed by atoms with Crippen LogP contribution >= 0.6 is 0 Å². The lowest BCUT2D eigenvalue weighted by Gasteiger charge is -2.34. The summed E-state index contributed by atoms with van der Waals surface area (Å²) in [5.41, 5.74) is 9.59. The first-order chi connectivity index (χ1) is 40.6. The molecule has 0 saturated carbocycles. The van der Waals surface area contributed by atoms with Gasteiger partial charge in [-0.1, -0.05) is 132 Å². The second kappa shape index (κ2) is 32.1. The Morgan fingerprint density at radius 3 is 1.11 bits per heavy atom. The third kappa shape index (κ3) is 23.4. The minimum atomic E-state index is -1.04. The Bertz CT molecular complexity index is 3190. The minimum absolute atomic E-state index is 0.0412. The minimum Gasteiger partial charge on any atom is -0.487 e. The van der Waals surface area contributed by atoms with Gasteiger partial charge >= 0.3 is 23.9 Å². The third-order valence-corrected chi connectivity index (χ3v) is 12.8. The fourth-order valence-corrected chi connectivity index (χ4v) is 8.40. The molecule has 0 spiro atoms. The van der Waals surface area contributed by atoms with Crippen LogP contribution in [0.1, 0.15) is 174 Å². The molecule has 0 saturated heterocycles. The summed E-state index contributed by atoms with van der Waals surface area (Å²) in [6, 6.07) is 12.3. The number of fused-ring (bicyclic) bond motifs is 6. The van der Waals surface area contributed by atoms with Gasteiger partial charge in [-0.05, 0) is 78.1 Å². The quantitative estimate of drug-likeness (QED) is 0.0401. The molecule has 4 aromatic carbocycles. The van der Waals surface area contributed by atoms with Gasteiger partial charge in [0.05, 0.1) is 0 Å². The van der Waals surface area contributed by atoms with Crippen LogP contribution in [0.25, 0.3) is 21.5 Å². The van der Waals surface area contributed by atoms with Crippen LogP contribution in [0, 0.1) is 22.7 Å². The van der Waals surface area contributed by atoms with Crippen LogP contribution in [0.15, 0.2) is 48.5 Å². The zero-order valence-corrected chi connectivity index (χ0v) is 54.7. The van der Waals surface area contributed by atoms with Crippen molar-refractivity contribution < 1.29 is 76.4 Å². The Morgan fingerprint density at radius 2 is 0.795 bits per heavy atom. The van der Waals surface area contributed by atoms with Gasteiger partial charge < -0.3 is 61.2 Å². The van der Waals surface area contributed by atoms with Crippen molar-refractivity contribution in [2.45, 2.75) is 199 Å². The average molecular weight is 1230 g/mol. The van der Waals surface area contributed by atoms with E-state index in [9.17, 15) is 47.9 Å². The molecule has 8 N–H and O–H groups in total. The monoisotopic (exact) mass is 1230 g/mol. The normalized spacial score (nSPS) is 14.2. The van der Waals surface area contributed by atoms with Crippen molar-refractivity contribution >= 4 is 80.9 Å². The maximum absolute atomic E-state index is 12.9. The van der Waals surface area contributed by atoms with Gasteiger partial charge in [-0.25, -0.2) is 9.59 Å². The smallest absolute Gasteiger partial charge is 0.330 e. The molecule has 4 aromatic rings. The second-order valence-electron chi connectivity index (χ2n) is 26.3. The van der Waals surface area contributed by atoms with Crippen LogP contribution in [0.3, 0.4) is 0 Å². The summed E-state index contributed by atoms with van der Waals surface area (Å²) in [5.74, 6) is -3.03. The van der Waals surface area contributed by atoms with Gasteiger partial charge in [0.15, 0.2) is 23.0 Å². The number of esters is 4. The molecule has 0 aliphatic carbocycles. The molecule has 0 radical (unpaired) electrons. The number of carbonyl (C=O) groups excluding carboxylic acids is 10. The highest BCUT2D eigenvalue weighted by Gasteiger charge is 2.37. The number of nitrogens with two attached hydrogens (primary N) is 2. The Morgan fingerprint density at radius 1 is 0.500 bits per heavy atom. The molecule has 0 fully saturated rings. The Balaban J connectivity index is 0.000000410. The summed E-state index contributed by atoms with van der Waals surface area (Å²) in [6.07, 6.45) is 1.90. The predicted molar refractivity (Wildman–Crippen MR) is 335 cm³/mol. The molecule has 0 bridgehead atoms. The van der Waals surface area contributed by atoms with Gasteiger partial charge in [-0.2, -0.15) is 0 Å². The van der Waals surface area contributed by atoms with E-state index >= 15 is 0 Å². The highest BCUT2D eigenvalue weighted by atomic mass is 16.6. The predicted octanol–water partition coefficient (Wildman–Crippen LogP) is 8.70. The van der Waals surface area contributed by atoms with Crippen LogP contribution in [0.4, 0.5) is 0 Å². The fraction of sp³-hybridized carbons (Fsp3) is 0.545. The van der Waals surface area contributed by atoms with E-state index < -0.39 is 94.7 Å². The molecule has 88 heavy (non-hydrogen) atoms. The molecule has 2 heterocycles. The lowest BCUT2D eigenvalue weighted by Crippen LogP contribution is -2.48. The van der Waals surface area contributed by atoms with Crippen LogP contribution in [0.2, 0.25) is 0 Å². The van der Waals surface area contributed by atoms with E-state index in [-0.39, 0.29) is 60.5 Å². The van der Waals surface area contributed by atoms with E-state index in [0.717, 1.165) is 17.2 Å². The number of rotatable bonds is 18. The summed E-state index contributed by atoms with van der Waals surface area (Å²) in [7, 11) is 0. The van der Waals surface area contributed by atoms with Crippen molar-refractivity contribution in [2.75, 3.05) is 13.1 Å². The van der Waals surface area contributed by atoms with Crippen LogP contribution in [-0.4, -0.2) is 95.7 Å². The van der Waals surface area contributed by atoms with Crippen LogP contribution in [0.5, 0.6) is 34.5 Å². The highest BCUT2D eigenvalue weighted by Crippen LogP contribution is 2.52. The summed E-state index contributed by atoms with van der Waals surface area (Å²) in [4.78, 5) is 122. The topological polar surface area (TPSA) is 326 Å². The number of benzene rings is 4. The van der Waals surface area contributed by atoms with Crippen molar-refractivity contribution in [1.82, 2.24) is 21.3 Å². The van der Waals surface area contributed by atoms with Gasteiger partial charge in [0, 0.05) is 70.2 Å². The van der Waals surface area contributed by atoms with E-state index in [1.165, 1.54) is 13.8 Å². The van der Waals surface area contributed by atoms with E-state index in [0.29, 0.717) is 64.5 Å². The molecular weight excluding hydrogens is 1130 g/mol. The van der Waals surface area contributed by atoms with E-state index in [2.05, 4.69) is 62.8 Å². The molecule has 484 valence electrons. The van der Waals surface area contributed by atoms with E-state index in [1.54, 1.807) is 65.8 Å². The fourth-order valence-electron chi connectivity index (χ4n) is 8.40. The molecule has 22 nitrogen and oxygen atoms in total. The van der Waals surface area contributed by atoms with Gasteiger partial charge in [-0.15, -0.1) is 0 Å². The molecule has 2 aliphatic heterocycles. The summed E-state index contributed by atoms with van der Waals surface area (Å²) >= 11 is 0. The number of hydrogen-bond acceptors (Lipinski definition) is 16. The summed E-state index contributed by atoms with van der Waals surface area (Å²) in [5, 5.41) is 12.5. The SMILES string of the molecule is CC(=O)Oc1c(OC(=O)CNC(=O)CCC(NC(=O)C(C)(C)C)C(N)=O)c2c(c3ccccc13)OC(C)(C)CC2.CC(=O)Oc1c2c(c3ccccc3c1OC(=O)CNC(=O)CCC(NC(=O)C(C)(C)C)C(N)=O)OC(C)(C)CC2.CC(C)C.CC(C)C. The van der Waals surface area contributed by atoms with E-state index in [4.69, 9.17) is 39.9 Å². The van der Waals surface area contributed by atoms with Gasteiger partial charge in [-0.3, -0.25) is 38.4 Å². The van der Waals surface area contributed by atoms with Crippen LogP contribution in [-0.2, 0) is 60.8 Å². The molecule has 2 unspecified atom stereocenters. The molecule has 22 heteroatoms. The number of primary amides is 2. The van der Waals surface area contributed by atoms with Crippen molar-refractivity contribution in [2.24, 2.45) is 34.1 Å². The first kappa shape index (κ1) is 74.0. The number of amides is 6. The highest BCUT2D eigenvalue weighted by molar-refractivity contribution is 6.01. The van der Waals surface area contributed by atoms with Crippen molar-refractivity contribution in [3.63, 3.8) is 0 Å². The van der Waals surface area contributed by atoms with Crippen LogP contribution < -0.4 is 61.2 Å². The van der Waals surface area contributed by atoms with Gasteiger partial charge in [0.1, 0.15) is 47.9 Å². The second-order valence-corrected chi connectivity index (χ2v) is 26.3. The number of carbonyl (C=O) groups is 10. The van der Waals surface area contributed by atoms with E-state index in [1.807, 2.05) is 52.0 Å². The number of ether oxygens (including phenoxy) is 6. The maximum Gasteiger partial charge on any atom is 0.330 e. The molecule has 2 atom stereocenters. The maximum atomic E-state index is 12.9. The number of nitrogens with one attached hydrogen (secondary N) is 4. The lowest BCUT2D eigenvalue weighted by atomic mass is 9.91. The molecule has 6 rings (SSSR count). The van der Waals surface area contributed by atoms with Gasteiger partial charge in [0.25, 0.3) is 0 Å². The van der Waals surface area contributed by atoms with Crippen molar-refractivity contribution in [3.8, 4) is 34.5 Å². The zero-order chi connectivity index (χ0) is 66.8. The lowest BCUT2D eigenvalue weighted by molar-refractivity contribution is -0.136. The first-order valence-electron chi connectivity index (χ1n) is 29.7. The molecule has 0 aromatic heterocycles. The Labute approximate surface area is 517 Å². The zero-order valence-electron chi connectivity index (χ0n) is 54.7. The molecule has 2 aliphatic rings. The molecule has 6 amide bonds. The van der Waals surface area contributed by atoms with Gasteiger partial charge in [0.2, 0.25) is 35.4 Å². The summed E-state index contributed by atoms with van der Waals surface area (Å²) in [6.45, 7) is 32.5. The number of hydrogen-bond donors (Lipinski definition) is 6.